The van der Waals surface area contributed by atoms with E-state index >= 15 is 0 Å². The van der Waals surface area contributed by atoms with Gasteiger partial charge in [-0.2, -0.15) is 0 Å². The fourth-order valence-electron chi connectivity index (χ4n) is 1.50. The number of hydrogen-bond donors (Lipinski definition) is 0. The standard InChI is InChI=1S/C10H9FO/c11-10-4-2-1-3-8(10)9-5-7(9)6-12/h1-4,6-7,9H,5H2/t7-,9-/m0/s1. The summed E-state index contributed by atoms with van der Waals surface area (Å²) in [6.07, 6.45) is 1.72. The summed E-state index contributed by atoms with van der Waals surface area (Å²) in [4.78, 5) is 10.3. The second-order valence-corrected chi connectivity index (χ2v) is 3.16. The molecule has 1 nitrogen and oxygen atoms in total. The molecule has 0 spiro atoms. The molecular weight excluding hydrogens is 155 g/mol. The van der Waals surface area contributed by atoms with Gasteiger partial charge in [-0.3, -0.25) is 0 Å². The molecule has 0 radical (unpaired) electrons. The number of hydrogen-bond acceptors (Lipinski definition) is 1. The lowest BCUT2D eigenvalue weighted by atomic mass is 10.1. The van der Waals surface area contributed by atoms with Crippen LogP contribution in [0.3, 0.4) is 0 Å². The molecule has 2 heteroatoms. The number of rotatable bonds is 2. The highest BCUT2D eigenvalue weighted by atomic mass is 19.1. The molecule has 1 aliphatic rings. The number of aldehydes is 1. The summed E-state index contributed by atoms with van der Waals surface area (Å²) in [5.74, 6) is 0.0115. The van der Waals surface area contributed by atoms with Crippen LogP contribution in [0.15, 0.2) is 24.3 Å². The van der Waals surface area contributed by atoms with Crippen molar-refractivity contribution in [2.45, 2.75) is 12.3 Å². The van der Waals surface area contributed by atoms with Crippen LogP contribution in [0.5, 0.6) is 0 Å². The van der Waals surface area contributed by atoms with Crippen molar-refractivity contribution in [3.05, 3.63) is 35.6 Å². The highest BCUT2D eigenvalue weighted by molar-refractivity contribution is 5.61. The lowest BCUT2D eigenvalue weighted by Crippen LogP contribution is -1.88. The zero-order valence-corrected chi connectivity index (χ0v) is 6.53. The topological polar surface area (TPSA) is 17.1 Å². The zero-order valence-electron chi connectivity index (χ0n) is 6.53. The van der Waals surface area contributed by atoms with Gasteiger partial charge in [0, 0.05) is 5.92 Å². The molecule has 2 atom stereocenters. The Balaban J connectivity index is 2.25. The Kier molecular flexibility index (Phi) is 1.68. The monoisotopic (exact) mass is 164 g/mol. The highest BCUT2D eigenvalue weighted by Gasteiger charge is 2.39. The Morgan fingerprint density at radius 2 is 2.17 bits per heavy atom. The number of carbonyl (C=O) groups is 1. The third-order valence-corrected chi connectivity index (χ3v) is 2.32. The predicted octanol–water partition coefficient (Wildman–Crippen LogP) is 2.13. The van der Waals surface area contributed by atoms with Gasteiger partial charge in [0.15, 0.2) is 0 Å². The van der Waals surface area contributed by atoms with Gasteiger partial charge in [-0.25, -0.2) is 4.39 Å². The fraction of sp³-hybridized carbons (Fsp3) is 0.300. The van der Waals surface area contributed by atoms with E-state index in [2.05, 4.69) is 0 Å². The molecule has 0 aromatic heterocycles. The van der Waals surface area contributed by atoms with Gasteiger partial charge in [-0.05, 0) is 24.0 Å². The van der Waals surface area contributed by atoms with Crippen LogP contribution in [-0.2, 0) is 4.79 Å². The van der Waals surface area contributed by atoms with Crippen LogP contribution in [0, 0.1) is 11.7 Å². The highest BCUT2D eigenvalue weighted by Crippen LogP contribution is 2.46. The lowest BCUT2D eigenvalue weighted by Gasteiger charge is -1.98. The average molecular weight is 164 g/mol. The van der Waals surface area contributed by atoms with Gasteiger partial charge in [-0.1, -0.05) is 18.2 Å². The maximum atomic E-state index is 13.1. The summed E-state index contributed by atoms with van der Waals surface area (Å²) in [6, 6.07) is 6.66. The van der Waals surface area contributed by atoms with Crippen LogP contribution >= 0.6 is 0 Å². The van der Waals surface area contributed by atoms with Gasteiger partial charge >= 0.3 is 0 Å². The van der Waals surface area contributed by atoms with E-state index in [0.29, 0.717) is 5.56 Å². The van der Waals surface area contributed by atoms with E-state index in [0.717, 1.165) is 12.7 Å². The van der Waals surface area contributed by atoms with Crippen molar-refractivity contribution in [1.29, 1.82) is 0 Å². The van der Waals surface area contributed by atoms with Crippen molar-refractivity contribution in [1.82, 2.24) is 0 Å². The van der Waals surface area contributed by atoms with E-state index in [-0.39, 0.29) is 17.7 Å². The van der Waals surface area contributed by atoms with Crippen LogP contribution in [0.25, 0.3) is 0 Å². The summed E-state index contributed by atoms with van der Waals surface area (Å²) >= 11 is 0. The predicted molar refractivity (Wildman–Crippen MR) is 43.3 cm³/mol. The third kappa shape index (κ3) is 1.13. The molecule has 0 amide bonds. The molecule has 0 heterocycles. The molecule has 0 N–H and O–H groups in total. The van der Waals surface area contributed by atoms with E-state index in [1.54, 1.807) is 18.2 Å². The summed E-state index contributed by atoms with van der Waals surface area (Å²) in [6.45, 7) is 0. The first-order chi connectivity index (χ1) is 5.83. The molecular formula is C10H9FO. The Morgan fingerprint density at radius 3 is 2.75 bits per heavy atom. The van der Waals surface area contributed by atoms with Gasteiger partial charge in [0.25, 0.3) is 0 Å². The van der Waals surface area contributed by atoms with Gasteiger partial charge < -0.3 is 4.79 Å². The minimum atomic E-state index is -0.188. The van der Waals surface area contributed by atoms with E-state index in [9.17, 15) is 9.18 Å². The largest absolute Gasteiger partial charge is 0.303 e. The minimum absolute atomic E-state index is 0.0573. The summed E-state index contributed by atoms with van der Waals surface area (Å²) in [5, 5.41) is 0. The number of halogens is 1. The van der Waals surface area contributed by atoms with Crippen LogP contribution in [0.1, 0.15) is 17.9 Å². The molecule has 2 rings (SSSR count). The Bertz CT molecular complexity index is 308. The number of benzene rings is 1. The van der Waals surface area contributed by atoms with Gasteiger partial charge in [0.2, 0.25) is 0 Å². The Morgan fingerprint density at radius 1 is 1.42 bits per heavy atom. The summed E-state index contributed by atoms with van der Waals surface area (Å²) in [5.41, 5.74) is 0.689. The molecule has 0 saturated heterocycles. The molecule has 62 valence electrons. The first kappa shape index (κ1) is 7.47. The molecule has 1 aromatic carbocycles. The lowest BCUT2D eigenvalue weighted by molar-refractivity contribution is -0.108. The Hall–Kier alpha value is -1.18. The zero-order chi connectivity index (χ0) is 8.55. The van der Waals surface area contributed by atoms with Gasteiger partial charge in [0.05, 0.1) is 0 Å². The normalized spacial score (nSPS) is 26.8. The third-order valence-electron chi connectivity index (χ3n) is 2.32. The van der Waals surface area contributed by atoms with Crippen molar-refractivity contribution in [3.8, 4) is 0 Å². The summed E-state index contributed by atoms with van der Waals surface area (Å²) in [7, 11) is 0. The second kappa shape index (κ2) is 2.70. The maximum Gasteiger partial charge on any atom is 0.126 e. The van der Waals surface area contributed by atoms with E-state index in [1.165, 1.54) is 6.07 Å². The molecule has 12 heavy (non-hydrogen) atoms. The molecule has 1 fully saturated rings. The maximum absolute atomic E-state index is 13.1. The molecule has 1 aromatic rings. The van der Waals surface area contributed by atoms with E-state index in [4.69, 9.17) is 0 Å². The van der Waals surface area contributed by atoms with Gasteiger partial charge in [-0.15, -0.1) is 0 Å². The van der Waals surface area contributed by atoms with Crippen molar-refractivity contribution in [2.24, 2.45) is 5.92 Å². The van der Waals surface area contributed by atoms with Crippen LogP contribution in [0.4, 0.5) is 4.39 Å². The number of carbonyl (C=O) groups excluding carboxylic acids is 1. The average Bonchev–Trinajstić information content (AvgIpc) is 2.84. The van der Waals surface area contributed by atoms with Crippen LogP contribution in [0.2, 0.25) is 0 Å². The SMILES string of the molecule is O=C[C@@H]1C[C@@H]1c1ccccc1F. The van der Waals surface area contributed by atoms with E-state index < -0.39 is 0 Å². The fourth-order valence-corrected chi connectivity index (χ4v) is 1.50. The molecule has 0 unspecified atom stereocenters. The Labute approximate surface area is 70.2 Å². The first-order valence-corrected chi connectivity index (χ1v) is 4.02. The smallest absolute Gasteiger partial charge is 0.126 e. The van der Waals surface area contributed by atoms with Crippen LogP contribution < -0.4 is 0 Å². The summed E-state index contributed by atoms with van der Waals surface area (Å²) < 4.78 is 13.1. The molecule has 0 aliphatic heterocycles. The van der Waals surface area contributed by atoms with Crippen molar-refractivity contribution >= 4 is 6.29 Å². The van der Waals surface area contributed by atoms with Crippen molar-refractivity contribution < 1.29 is 9.18 Å². The van der Waals surface area contributed by atoms with Gasteiger partial charge in [0.1, 0.15) is 12.1 Å². The minimum Gasteiger partial charge on any atom is -0.303 e. The second-order valence-electron chi connectivity index (χ2n) is 3.16. The van der Waals surface area contributed by atoms with Crippen molar-refractivity contribution in [2.75, 3.05) is 0 Å². The van der Waals surface area contributed by atoms with Crippen molar-refractivity contribution in [3.63, 3.8) is 0 Å². The van der Waals surface area contributed by atoms with Crippen LogP contribution in [-0.4, -0.2) is 6.29 Å². The quantitative estimate of drug-likeness (QED) is 0.612. The molecule has 1 saturated carbocycles. The molecule has 1 aliphatic carbocycles. The molecule has 0 bridgehead atoms. The van der Waals surface area contributed by atoms with E-state index in [1.807, 2.05) is 0 Å². The first-order valence-electron chi connectivity index (χ1n) is 4.02.